The quantitative estimate of drug-likeness (QED) is 0.201. The first-order chi connectivity index (χ1) is 18.0. The van der Waals surface area contributed by atoms with Crippen LogP contribution in [0.4, 0.5) is 44.8 Å². The Morgan fingerprint density at radius 3 is 2.53 bits per heavy atom. The lowest BCUT2D eigenvalue weighted by Gasteiger charge is -2.27. The molecule has 4 aromatic rings. The van der Waals surface area contributed by atoms with E-state index >= 15 is 8.78 Å². The van der Waals surface area contributed by atoms with E-state index in [1.165, 1.54) is 35.2 Å². The van der Waals surface area contributed by atoms with Crippen molar-refractivity contribution in [1.82, 2.24) is 5.16 Å². The van der Waals surface area contributed by atoms with Crippen molar-refractivity contribution in [2.24, 2.45) is 0 Å². The van der Waals surface area contributed by atoms with Crippen LogP contribution in [0.1, 0.15) is 24.8 Å². The van der Waals surface area contributed by atoms with Crippen molar-refractivity contribution in [2.75, 3.05) is 22.5 Å². The van der Waals surface area contributed by atoms with E-state index in [0.29, 0.717) is 29.6 Å². The molecule has 0 saturated carbocycles. The van der Waals surface area contributed by atoms with Crippen molar-refractivity contribution in [3.05, 3.63) is 65.7 Å². The zero-order valence-corrected chi connectivity index (χ0v) is 19.6. The van der Waals surface area contributed by atoms with Gasteiger partial charge in [-0.05, 0) is 55.3 Å². The van der Waals surface area contributed by atoms with Crippen LogP contribution in [0.25, 0.3) is 22.1 Å². The Bertz CT molecular complexity index is 1580. The summed E-state index contributed by atoms with van der Waals surface area (Å²) in [5, 5.41) is 14.1. The number of rotatable bonds is 5. The number of halogens is 5. The average molecular weight is 529 g/mol. The van der Waals surface area contributed by atoms with Gasteiger partial charge in [0, 0.05) is 41.0 Å². The smallest absolute Gasteiger partial charge is 0.380 e. The Morgan fingerprint density at radius 2 is 1.82 bits per heavy atom. The van der Waals surface area contributed by atoms with Gasteiger partial charge in [-0.1, -0.05) is 11.2 Å². The molecule has 3 aromatic carbocycles. The number of hydrogen-bond donors (Lipinski definition) is 3. The molecule has 2 heterocycles. The van der Waals surface area contributed by atoms with Crippen LogP contribution in [-0.4, -0.2) is 29.5 Å². The zero-order valence-electron chi connectivity index (χ0n) is 19.6. The first kappa shape index (κ1) is 25.2. The number of alkyl halides is 3. The van der Waals surface area contributed by atoms with Crippen LogP contribution in [0.2, 0.25) is 0 Å². The fraction of sp³-hybridized carbons (Fsp3) is 0.192. The zero-order chi connectivity index (χ0) is 27.2. The predicted molar refractivity (Wildman–Crippen MR) is 133 cm³/mol. The van der Waals surface area contributed by atoms with Crippen LogP contribution in [0.3, 0.4) is 0 Å². The van der Waals surface area contributed by atoms with Crippen molar-refractivity contribution in [1.29, 1.82) is 5.41 Å². The normalized spacial score (nSPS) is 14.2. The van der Waals surface area contributed by atoms with Gasteiger partial charge in [0.2, 0.25) is 5.91 Å². The third-order valence-electron chi connectivity index (χ3n) is 6.34. The van der Waals surface area contributed by atoms with Gasteiger partial charge in [-0.25, -0.2) is 8.78 Å². The fourth-order valence-corrected chi connectivity index (χ4v) is 4.42. The molecular weight excluding hydrogens is 509 g/mol. The molecule has 196 valence electrons. The number of anilines is 4. The maximum atomic E-state index is 15.9. The molecule has 1 aromatic heterocycles. The van der Waals surface area contributed by atoms with Crippen LogP contribution in [0.5, 0.6) is 0 Å². The minimum Gasteiger partial charge on any atom is -0.380 e. The van der Waals surface area contributed by atoms with Gasteiger partial charge in [0.15, 0.2) is 17.2 Å². The number of nitrogens with zero attached hydrogens (tertiary/aromatic N) is 2. The Labute approximate surface area is 212 Å². The standard InChI is InChI=1S/C26H20F5N5O2/c27-19-12-14(36-10-2-1-3-21(36)37)5-6-15(19)16-7-8-17(24(32)26(29,30)31)23(22(16)28)34-13-4-9-20-18(11-13)25(33)35-38-20/h4-9,11-12,32,34H,1-3,10H2,(H2,33,35). The molecular formula is C26H20F5N5O2. The number of nitrogens with two attached hydrogens (primary N) is 1. The molecule has 0 atom stereocenters. The molecule has 0 bridgehead atoms. The van der Waals surface area contributed by atoms with Gasteiger partial charge < -0.3 is 20.5 Å². The summed E-state index contributed by atoms with van der Waals surface area (Å²) >= 11 is 0. The largest absolute Gasteiger partial charge is 0.433 e. The lowest BCUT2D eigenvalue weighted by atomic mass is 9.97. The molecule has 12 heteroatoms. The summed E-state index contributed by atoms with van der Waals surface area (Å²) in [4.78, 5) is 13.7. The summed E-state index contributed by atoms with van der Waals surface area (Å²) in [7, 11) is 0. The van der Waals surface area contributed by atoms with Crippen LogP contribution >= 0.6 is 0 Å². The number of fused-ring (bicyclic) bond motifs is 1. The highest BCUT2D eigenvalue weighted by atomic mass is 19.4. The molecule has 0 aliphatic carbocycles. The van der Waals surface area contributed by atoms with E-state index < -0.39 is 34.8 Å². The van der Waals surface area contributed by atoms with Crippen molar-refractivity contribution in [3.63, 3.8) is 0 Å². The number of hydrogen-bond acceptors (Lipinski definition) is 6. The number of nitrogens with one attached hydrogen (secondary N) is 2. The number of carbonyl (C=O) groups excluding carboxylic acids is 1. The summed E-state index contributed by atoms with van der Waals surface area (Å²) in [6, 6.07) is 9.98. The summed E-state index contributed by atoms with van der Waals surface area (Å²) in [5.41, 5.74) is 2.72. The fourth-order valence-electron chi connectivity index (χ4n) is 4.42. The van der Waals surface area contributed by atoms with Gasteiger partial charge in [-0.15, -0.1) is 0 Å². The van der Waals surface area contributed by atoms with Gasteiger partial charge in [0.05, 0.1) is 11.1 Å². The maximum absolute atomic E-state index is 15.9. The van der Waals surface area contributed by atoms with Crippen LogP contribution in [0, 0.1) is 17.0 Å². The predicted octanol–water partition coefficient (Wildman–Crippen LogP) is 6.55. The number of aromatic nitrogens is 1. The van der Waals surface area contributed by atoms with E-state index in [1.54, 1.807) is 0 Å². The van der Waals surface area contributed by atoms with Crippen LogP contribution < -0.4 is 16.0 Å². The molecule has 0 radical (unpaired) electrons. The SMILES string of the molecule is N=C(c1ccc(-c2ccc(N3CCCCC3=O)cc2F)c(F)c1Nc1ccc2onc(N)c2c1)C(F)(F)F. The average Bonchev–Trinajstić information content (AvgIpc) is 3.25. The topological polar surface area (TPSA) is 108 Å². The molecule has 38 heavy (non-hydrogen) atoms. The van der Waals surface area contributed by atoms with Crippen LogP contribution in [-0.2, 0) is 4.79 Å². The van der Waals surface area contributed by atoms with Crippen molar-refractivity contribution < 1.29 is 31.3 Å². The number of piperidine rings is 1. The van der Waals surface area contributed by atoms with Crippen LogP contribution in [0.15, 0.2) is 53.1 Å². The second-order valence-electron chi connectivity index (χ2n) is 8.79. The highest BCUT2D eigenvalue weighted by Crippen LogP contribution is 2.38. The number of amides is 1. The Hall–Kier alpha value is -4.48. The maximum Gasteiger partial charge on any atom is 0.433 e. The minimum absolute atomic E-state index is 0.0236. The first-order valence-corrected chi connectivity index (χ1v) is 11.6. The van der Waals surface area contributed by atoms with Crippen molar-refractivity contribution >= 4 is 45.5 Å². The summed E-state index contributed by atoms with van der Waals surface area (Å²) in [6.07, 6.45) is -3.22. The molecule has 1 aliphatic rings. The third-order valence-corrected chi connectivity index (χ3v) is 6.34. The second-order valence-corrected chi connectivity index (χ2v) is 8.79. The van der Waals surface area contributed by atoms with Crippen molar-refractivity contribution in [3.8, 4) is 11.1 Å². The van der Waals surface area contributed by atoms with E-state index in [1.807, 2.05) is 0 Å². The molecule has 1 aliphatic heterocycles. The molecule has 5 rings (SSSR count). The minimum atomic E-state index is -5.07. The summed E-state index contributed by atoms with van der Waals surface area (Å²) < 4.78 is 76.4. The molecule has 1 saturated heterocycles. The lowest BCUT2D eigenvalue weighted by molar-refractivity contribution is -0.119. The molecule has 4 N–H and O–H groups in total. The number of nitrogen functional groups attached to an aromatic ring is 1. The Morgan fingerprint density at radius 1 is 1.05 bits per heavy atom. The Balaban J connectivity index is 1.59. The number of carbonyl (C=O) groups is 1. The van der Waals surface area contributed by atoms with Gasteiger partial charge >= 0.3 is 6.18 Å². The monoisotopic (exact) mass is 529 g/mol. The third kappa shape index (κ3) is 4.53. The molecule has 0 unspecified atom stereocenters. The van der Waals surface area contributed by atoms with E-state index in [9.17, 15) is 18.0 Å². The van der Waals surface area contributed by atoms with E-state index in [-0.39, 0.29) is 28.5 Å². The van der Waals surface area contributed by atoms with Gasteiger partial charge in [-0.3, -0.25) is 10.2 Å². The van der Waals surface area contributed by atoms with E-state index in [2.05, 4.69) is 10.5 Å². The van der Waals surface area contributed by atoms with Gasteiger partial charge in [-0.2, -0.15) is 13.2 Å². The highest BCUT2D eigenvalue weighted by molar-refractivity contribution is 6.08. The highest BCUT2D eigenvalue weighted by Gasteiger charge is 2.37. The second kappa shape index (κ2) is 9.43. The Kier molecular flexibility index (Phi) is 6.25. The van der Waals surface area contributed by atoms with Gasteiger partial charge in [0.25, 0.3) is 0 Å². The van der Waals surface area contributed by atoms with Gasteiger partial charge in [0.1, 0.15) is 11.5 Å². The molecule has 0 spiro atoms. The lowest BCUT2D eigenvalue weighted by Crippen LogP contribution is -2.35. The first-order valence-electron chi connectivity index (χ1n) is 11.6. The van der Waals surface area contributed by atoms with Crippen molar-refractivity contribution in [2.45, 2.75) is 25.4 Å². The summed E-state index contributed by atoms with van der Waals surface area (Å²) in [6.45, 7) is 0.426. The molecule has 7 nitrogen and oxygen atoms in total. The molecule has 1 amide bonds. The summed E-state index contributed by atoms with van der Waals surface area (Å²) in [5.74, 6) is -2.18. The number of benzene rings is 3. The van der Waals surface area contributed by atoms with E-state index in [4.69, 9.17) is 15.7 Å². The molecule has 1 fully saturated rings. The van der Waals surface area contributed by atoms with E-state index in [0.717, 1.165) is 31.0 Å².